The van der Waals surface area contributed by atoms with Gasteiger partial charge in [-0.2, -0.15) is 0 Å². The molecule has 29 heavy (non-hydrogen) atoms. The molecular formula is C23H31N3O3. The van der Waals surface area contributed by atoms with E-state index in [0.717, 1.165) is 35.8 Å². The Bertz CT molecular complexity index is 800. The van der Waals surface area contributed by atoms with Crippen molar-refractivity contribution in [1.82, 2.24) is 9.91 Å². The van der Waals surface area contributed by atoms with Crippen molar-refractivity contribution in [2.45, 2.75) is 39.9 Å². The maximum absolute atomic E-state index is 12.6. The van der Waals surface area contributed by atoms with Crippen LogP contribution in [0.25, 0.3) is 0 Å². The van der Waals surface area contributed by atoms with Crippen LogP contribution in [0.1, 0.15) is 38.1 Å². The minimum atomic E-state index is 0.0766. The largest absolute Gasteiger partial charge is 0.491 e. The zero-order valence-corrected chi connectivity index (χ0v) is 17.7. The molecule has 0 aromatic heterocycles. The van der Waals surface area contributed by atoms with Gasteiger partial charge in [-0.1, -0.05) is 18.2 Å². The zero-order chi connectivity index (χ0) is 20.8. The number of benzene rings is 2. The van der Waals surface area contributed by atoms with Gasteiger partial charge in [0.1, 0.15) is 11.5 Å². The van der Waals surface area contributed by atoms with Gasteiger partial charge in [-0.25, -0.2) is 5.01 Å². The number of rotatable bonds is 7. The SMILES string of the molecule is CC(C)Oc1ccc(OC(C)C)c(NN2CCN(C(=O)c3ccccc3)CC2)c1. The van der Waals surface area contributed by atoms with Crippen LogP contribution >= 0.6 is 0 Å². The van der Waals surface area contributed by atoms with Gasteiger partial charge in [-0.05, 0) is 52.0 Å². The van der Waals surface area contributed by atoms with Crippen LogP contribution in [0.2, 0.25) is 0 Å². The molecule has 1 N–H and O–H groups in total. The van der Waals surface area contributed by atoms with Gasteiger partial charge in [-0.15, -0.1) is 0 Å². The minimum Gasteiger partial charge on any atom is -0.491 e. The summed E-state index contributed by atoms with van der Waals surface area (Å²) in [5, 5.41) is 2.12. The molecule has 0 radical (unpaired) electrons. The molecule has 0 atom stereocenters. The number of anilines is 1. The van der Waals surface area contributed by atoms with Gasteiger partial charge in [0.05, 0.1) is 17.9 Å². The lowest BCUT2D eigenvalue weighted by molar-refractivity contribution is 0.0662. The molecular weight excluding hydrogens is 366 g/mol. The van der Waals surface area contributed by atoms with E-state index in [1.165, 1.54) is 0 Å². The van der Waals surface area contributed by atoms with Crippen molar-refractivity contribution >= 4 is 11.6 Å². The molecule has 0 aliphatic carbocycles. The van der Waals surface area contributed by atoms with E-state index in [0.29, 0.717) is 13.1 Å². The summed E-state index contributed by atoms with van der Waals surface area (Å²) in [6, 6.07) is 15.3. The van der Waals surface area contributed by atoms with E-state index >= 15 is 0 Å². The summed E-state index contributed by atoms with van der Waals surface area (Å²) in [7, 11) is 0. The molecule has 1 heterocycles. The van der Waals surface area contributed by atoms with Gasteiger partial charge >= 0.3 is 0 Å². The standard InChI is InChI=1S/C23H31N3O3/c1-17(2)28-20-10-11-22(29-18(3)4)21(16-20)24-26-14-12-25(13-15-26)23(27)19-8-6-5-7-9-19/h5-11,16-18,24H,12-15H2,1-4H3. The first kappa shape index (κ1) is 21.0. The number of hydrazine groups is 1. The first-order chi connectivity index (χ1) is 13.9. The summed E-state index contributed by atoms with van der Waals surface area (Å²) in [6.07, 6.45) is 0.181. The van der Waals surface area contributed by atoms with E-state index in [4.69, 9.17) is 9.47 Å². The maximum atomic E-state index is 12.6. The van der Waals surface area contributed by atoms with Gasteiger partial charge in [0.25, 0.3) is 5.91 Å². The molecule has 0 saturated carbocycles. The summed E-state index contributed by atoms with van der Waals surface area (Å²) in [4.78, 5) is 14.5. The van der Waals surface area contributed by atoms with E-state index in [2.05, 4.69) is 10.4 Å². The summed E-state index contributed by atoms with van der Waals surface area (Å²) in [5.74, 6) is 1.68. The normalized spacial score (nSPS) is 14.9. The third-order valence-electron chi connectivity index (χ3n) is 4.55. The Hall–Kier alpha value is -2.73. The van der Waals surface area contributed by atoms with E-state index in [1.807, 2.05) is 81.1 Å². The van der Waals surface area contributed by atoms with Crippen LogP contribution in [0.4, 0.5) is 5.69 Å². The summed E-state index contributed by atoms with van der Waals surface area (Å²) < 4.78 is 11.8. The number of hydrogen-bond donors (Lipinski definition) is 1. The first-order valence-corrected chi connectivity index (χ1v) is 10.3. The van der Waals surface area contributed by atoms with Crippen molar-refractivity contribution in [1.29, 1.82) is 0 Å². The van der Waals surface area contributed by atoms with E-state index in [-0.39, 0.29) is 18.1 Å². The van der Waals surface area contributed by atoms with Crippen LogP contribution in [-0.4, -0.2) is 54.2 Å². The molecule has 3 rings (SSSR count). The fourth-order valence-corrected chi connectivity index (χ4v) is 3.25. The average molecular weight is 398 g/mol. The number of hydrogen-bond acceptors (Lipinski definition) is 5. The molecule has 1 amide bonds. The van der Waals surface area contributed by atoms with Crippen molar-refractivity contribution in [3.8, 4) is 11.5 Å². The molecule has 1 saturated heterocycles. The Labute approximate surface area is 173 Å². The summed E-state index contributed by atoms with van der Waals surface area (Å²) in [6.45, 7) is 10.8. The topological polar surface area (TPSA) is 54.0 Å². The fraction of sp³-hybridized carbons (Fsp3) is 0.435. The second-order valence-electron chi connectivity index (χ2n) is 7.75. The molecule has 6 heteroatoms. The van der Waals surface area contributed by atoms with Gasteiger partial charge in [0, 0.05) is 37.8 Å². The average Bonchev–Trinajstić information content (AvgIpc) is 2.70. The lowest BCUT2D eigenvalue weighted by Gasteiger charge is -2.35. The second kappa shape index (κ2) is 9.65. The Morgan fingerprint density at radius 3 is 2.17 bits per heavy atom. The molecule has 1 fully saturated rings. The second-order valence-corrected chi connectivity index (χ2v) is 7.75. The van der Waals surface area contributed by atoms with Crippen molar-refractivity contribution in [2.24, 2.45) is 0 Å². The van der Waals surface area contributed by atoms with E-state index < -0.39 is 0 Å². The molecule has 0 spiro atoms. The van der Waals surface area contributed by atoms with Crippen LogP contribution in [0.3, 0.4) is 0 Å². The number of carbonyl (C=O) groups excluding carboxylic acids is 1. The predicted molar refractivity (Wildman–Crippen MR) is 116 cm³/mol. The molecule has 0 unspecified atom stereocenters. The zero-order valence-electron chi connectivity index (χ0n) is 17.7. The number of nitrogens with zero attached hydrogens (tertiary/aromatic N) is 2. The Morgan fingerprint density at radius 2 is 1.55 bits per heavy atom. The Balaban J connectivity index is 1.65. The number of carbonyl (C=O) groups is 1. The van der Waals surface area contributed by atoms with Crippen molar-refractivity contribution in [2.75, 3.05) is 31.6 Å². The fourth-order valence-electron chi connectivity index (χ4n) is 3.25. The summed E-state index contributed by atoms with van der Waals surface area (Å²) in [5.41, 5.74) is 5.07. The molecule has 6 nitrogen and oxygen atoms in total. The highest BCUT2D eigenvalue weighted by Crippen LogP contribution is 2.31. The smallest absolute Gasteiger partial charge is 0.253 e. The molecule has 0 bridgehead atoms. The lowest BCUT2D eigenvalue weighted by Crippen LogP contribution is -2.50. The van der Waals surface area contributed by atoms with Gasteiger partial charge < -0.3 is 19.8 Å². The molecule has 156 valence electrons. The first-order valence-electron chi connectivity index (χ1n) is 10.3. The van der Waals surface area contributed by atoms with Crippen molar-refractivity contribution < 1.29 is 14.3 Å². The van der Waals surface area contributed by atoms with Gasteiger partial charge in [0.2, 0.25) is 0 Å². The van der Waals surface area contributed by atoms with Gasteiger partial charge in [0.15, 0.2) is 0 Å². The van der Waals surface area contributed by atoms with E-state index in [9.17, 15) is 4.79 Å². The highest BCUT2D eigenvalue weighted by molar-refractivity contribution is 5.94. The van der Waals surface area contributed by atoms with Crippen molar-refractivity contribution in [3.05, 3.63) is 54.1 Å². The third-order valence-corrected chi connectivity index (χ3v) is 4.55. The summed E-state index contributed by atoms with van der Waals surface area (Å²) >= 11 is 0. The Morgan fingerprint density at radius 1 is 0.897 bits per heavy atom. The van der Waals surface area contributed by atoms with Gasteiger partial charge in [-0.3, -0.25) is 4.79 Å². The van der Waals surface area contributed by atoms with Crippen LogP contribution in [0, 0.1) is 0 Å². The van der Waals surface area contributed by atoms with Crippen molar-refractivity contribution in [3.63, 3.8) is 0 Å². The molecule has 2 aromatic carbocycles. The highest BCUT2D eigenvalue weighted by Gasteiger charge is 2.23. The minimum absolute atomic E-state index is 0.0766. The number of ether oxygens (including phenoxy) is 2. The monoisotopic (exact) mass is 397 g/mol. The van der Waals surface area contributed by atoms with Crippen LogP contribution < -0.4 is 14.9 Å². The number of piperazine rings is 1. The predicted octanol–water partition coefficient (Wildman–Crippen LogP) is 4.05. The molecule has 2 aromatic rings. The number of amides is 1. The van der Waals surface area contributed by atoms with Crippen LogP contribution in [0.15, 0.2) is 48.5 Å². The third kappa shape index (κ3) is 5.87. The molecule has 1 aliphatic heterocycles. The maximum Gasteiger partial charge on any atom is 0.253 e. The highest BCUT2D eigenvalue weighted by atomic mass is 16.5. The number of nitrogens with one attached hydrogen (secondary N) is 1. The Kier molecular flexibility index (Phi) is 6.99. The molecule has 1 aliphatic rings. The lowest BCUT2D eigenvalue weighted by atomic mass is 10.2. The quantitative estimate of drug-likeness (QED) is 0.764. The van der Waals surface area contributed by atoms with Crippen LogP contribution in [-0.2, 0) is 0 Å². The van der Waals surface area contributed by atoms with Crippen LogP contribution in [0.5, 0.6) is 11.5 Å². The van der Waals surface area contributed by atoms with E-state index in [1.54, 1.807) is 0 Å².